The number of ether oxygens (including phenoxy) is 1. The van der Waals surface area contributed by atoms with E-state index in [1.807, 2.05) is 0 Å². The zero-order chi connectivity index (χ0) is 13.1. The second-order valence-corrected chi connectivity index (χ2v) is 4.04. The van der Waals surface area contributed by atoms with Crippen molar-refractivity contribution in [2.75, 3.05) is 18.5 Å². The molecule has 1 aromatic rings. The van der Waals surface area contributed by atoms with Crippen LogP contribution in [0.25, 0.3) is 0 Å². The molecule has 1 fully saturated rings. The van der Waals surface area contributed by atoms with Crippen molar-refractivity contribution in [3.8, 4) is 0 Å². The maximum Gasteiger partial charge on any atom is 0.295 e. The van der Waals surface area contributed by atoms with Crippen LogP contribution < -0.4 is 5.32 Å². The topological polar surface area (TPSA) is 64.4 Å². The lowest BCUT2D eigenvalue weighted by Crippen LogP contribution is -2.28. The first-order chi connectivity index (χ1) is 8.59. The average Bonchev–Trinajstić information content (AvgIpc) is 2.36. The number of hydrogen-bond donors (Lipinski definition) is 1. The number of rotatable bonds is 3. The van der Waals surface area contributed by atoms with E-state index in [1.54, 1.807) is 0 Å². The van der Waals surface area contributed by atoms with E-state index in [0.29, 0.717) is 26.1 Å². The summed E-state index contributed by atoms with van der Waals surface area (Å²) in [6.07, 6.45) is 1.21. The zero-order valence-corrected chi connectivity index (χ0v) is 9.49. The van der Waals surface area contributed by atoms with Gasteiger partial charge in [0.25, 0.3) is 5.69 Å². The molecule has 1 aliphatic rings. The minimum atomic E-state index is -1.21. The normalized spacial score (nSPS) is 16.6. The molecule has 0 atom stereocenters. The van der Waals surface area contributed by atoms with E-state index in [0.717, 1.165) is 12.1 Å². The molecule has 98 valence electrons. The first-order valence-electron chi connectivity index (χ1n) is 5.56. The van der Waals surface area contributed by atoms with Gasteiger partial charge in [-0.05, 0) is 18.9 Å². The number of nitrogens with zero attached hydrogens (tertiary/aromatic N) is 1. The lowest BCUT2D eigenvalue weighted by molar-refractivity contribution is -0.384. The average molecular weight is 258 g/mol. The van der Waals surface area contributed by atoms with Gasteiger partial charge in [-0.1, -0.05) is 0 Å². The molecule has 0 amide bonds. The number of nitrogens with one attached hydrogen (secondary N) is 1. The Balaban J connectivity index is 2.29. The summed E-state index contributed by atoms with van der Waals surface area (Å²) in [5, 5.41) is 13.5. The molecule has 5 nitrogen and oxygen atoms in total. The second-order valence-electron chi connectivity index (χ2n) is 4.04. The fourth-order valence-corrected chi connectivity index (χ4v) is 1.88. The summed E-state index contributed by atoms with van der Waals surface area (Å²) in [4.78, 5) is 10.0. The maximum absolute atomic E-state index is 13.6. The van der Waals surface area contributed by atoms with Crippen LogP contribution in [-0.4, -0.2) is 24.2 Å². The largest absolute Gasteiger partial charge is 0.381 e. The molecule has 0 saturated carbocycles. The molecule has 0 spiro atoms. The van der Waals surface area contributed by atoms with Crippen LogP contribution >= 0.6 is 0 Å². The van der Waals surface area contributed by atoms with Gasteiger partial charge < -0.3 is 10.1 Å². The van der Waals surface area contributed by atoms with Crippen LogP contribution in [0.4, 0.5) is 20.2 Å². The molecule has 18 heavy (non-hydrogen) atoms. The van der Waals surface area contributed by atoms with Crippen molar-refractivity contribution in [3.05, 3.63) is 33.9 Å². The fourth-order valence-electron chi connectivity index (χ4n) is 1.88. The minimum Gasteiger partial charge on any atom is -0.381 e. The van der Waals surface area contributed by atoms with Gasteiger partial charge in [-0.15, -0.1) is 0 Å². The predicted molar refractivity (Wildman–Crippen MR) is 60.5 cm³/mol. The number of nitro groups is 1. The highest BCUT2D eigenvalue weighted by molar-refractivity contribution is 5.63. The Labute approximate surface area is 102 Å². The van der Waals surface area contributed by atoms with Crippen molar-refractivity contribution in [3.63, 3.8) is 0 Å². The molecular weight excluding hydrogens is 246 g/mol. The van der Waals surface area contributed by atoms with Crippen LogP contribution in [0.2, 0.25) is 0 Å². The number of hydrogen-bond acceptors (Lipinski definition) is 4. The molecule has 0 radical (unpaired) electrons. The number of nitro benzene ring substituents is 1. The lowest BCUT2D eigenvalue weighted by Gasteiger charge is -2.24. The first-order valence-corrected chi connectivity index (χ1v) is 5.56. The van der Waals surface area contributed by atoms with Crippen LogP contribution in [0, 0.1) is 21.7 Å². The van der Waals surface area contributed by atoms with Gasteiger partial charge in [0, 0.05) is 25.3 Å². The van der Waals surface area contributed by atoms with Gasteiger partial charge in [-0.2, -0.15) is 0 Å². The Hall–Kier alpha value is -1.76. The van der Waals surface area contributed by atoms with Crippen molar-refractivity contribution in [1.29, 1.82) is 0 Å². The molecule has 0 aliphatic carbocycles. The van der Waals surface area contributed by atoms with E-state index in [1.165, 1.54) is 0 Å². The Kier molecular flexibility index (Phi) is 3.71. The number of halogens is 2. The third-order valence-corrected chi connectivity index (χ3v) is 2.84. The third kappa shape index (κ3) is 2.56. The van der Waals surface area contributed by atoms with Gasteiger partial charge in [-0.3, -0.25) is 10.1 Å². The molecule has 2 rings (SSSR count). The number of anilines is 1. The highest BCUT2D eigenvalue weighted by Gasteiger charge is 2.24. The molecule has 1 aliphatic heterocycles. The van der Waals surface area contributed by atoms with Gasteiger partial charge in [-0.25, -0.2) is 8.78 Å². The summed E-state index contributed by atoms with van der Waals surface area (Å²) in [5.41, 5.74) is -0.840. The van der Waals surface area contributed by atoms with Gasteiger partial charge in [0.05, 0.1) is 4.92 Å². The molecule has 7 heteroatoms. The van der Waals surface area contributed by atoms with Crippen molar-refractivity contribution in [1.82, 2.24) is 0 Å². The monoisotopic (exact) mass is 258 g/mol. The molecule has 1 N–H and O–H groups in total. The molecule has 1 heterocycles. The third-order valence-electron chi connectivity index (χ3n) is 2.84. The highest BCUT2D eigenvalue weighted by atomic mass is 19.2. The summed E-state index contributed by atoms with van der Waals surface area (Å²) in [6.45, 7) is 1.00. The molecule has 0 unspecified atom stereocenters. The lowest BCUT2D eigenvalue weighted by atomic mass is 10.1. The zero-order valence-electron chi connectivity index (χ0n) is 9.49. The molecule has 0 bridgehead atoms. The smallest absolute Gasteiger partial charge is 0.295 e. The first kappa shape index (κ1) is 12.7. The van der Waals surface area contributed by atoms with Crippen LogP contribution in [0.1, 0.15) is 12.8 Å². The van der Waals surface area contributed by atoms with E-state index >= 15 is 0 Å². The Bertz CT molecular complexity index is 462. The van der Waals surface area contributed by atoms with Crippen LogP contribution in [-0.2, 0) is 4.74 Å². The van der Waals surface area contributed by atoms with E-state index in [2.05, 4.69) is 5.32 Å². The molecular formula is C11H12F2N2O3. The van der Waals surface area contributed by atoms with Crippen LogP contribution in [0.15, 0.2) is 12.1 Å². The van der Waals surface area contributed by atoms with Gasteiger partial charge >= 0.3 is 0 Å². The summed E-state index contributed by atoms with van der Waals surface area (Å²) in [6, 6.07) is 1.57. The summed E-state index contributed by atoms with van der Waals surface area (Å²) < 4.78 is 31.8. The minimum absolute atomic E-state index is 0.145. The van der Waals surface area contributed by atoms with E-state index in [-0.39, 0.29) is 11.7 Å². The van der Waals surface area contributed by atoms with E-state index in [9.17, 15) is 18.9 Å². The molecule has 0 aromatic heterocycles. The van der Waals surface area contributed by atoms with Gasteiger partial charge in [0.2, 0.25) is 0 Å². The number of benzene rings is 1. The summed E-state index contributed by atoms with van der Waals surface area (Å²) >= 11 is 0. The van der Waals surface area contributed by atoms with Crippen molar-refractivity contribution < 1.29 is 18.4 Å². The second kappa shape index (κ2) is 5.26. The van der Waals surface area contributed by atoms with Gasteiger partial charge in [0.1, 0.15) is 0 Å². The van der Waals surface area contributed by atoms with Gasteiger partial charge in [0.15, 0.2) is 17.3 Å². The fraction of sp³-hybridized carbons (Fsp3) is 0.455. The van der Waals surface area contributed by atoms with E-state index in [4.69, 9.17) is 4.74 Å². The van der Waals surface area contributed by atoms with Crippen LogP contribution in [0.3, 0.4) is 0 Å². The van der Waals surface area contributed by atoms with Crippen molar-refractivity contribution >= 4 is 11.4 Å². The Morgan fingerprint density at radius 2 is 2.00 bits per heavy atom. The van der Waals surface area contributed by atoms with E-state index < -0.39 is 22.2 Å². The Morgan fingerprint density at radius 3 is 2.61 bits per heavy atom. The van der Waals surface area contributed by atoms with Crippen molar-refractivity contribution in [2.24, 2.45) is 0 Å². The summed E-state index contributed by atoms with van der Waals surface area (Å²) in [7, 11) is 0. The highest BCUT2D eigenvalue weighted by Crippen LogP contribution is 2.30. The summed E-state index contributed by atoms with van der Waals surface area (Å²) in [5.74, 6) is -2.31. The van der Waals surface area contributed by atoms with Crippen molar-refractivity contribution in [2.45, 2.75) is 18.9 Å². The maximum atomic E-state index is 13.6. The quantitative estimate of drug-likeness (QED) is 0.668. The van der Waals surface area contributed by atoms with Crippen LogP contribution in [0.5, 0.6) is 0 Å². The molecule has 1 aromatic carbocycles. The standard InChI is InChI=1S/C11H12F2N2O3/c12-8-1-2-9(15(16)17)11(10(8)13)14-7-3-5-18-6-4-7/h1-2,7,14H,3-6H2. The Morgan fingerprint density at radius 1 is 1.33 bits per heavy atom. The predicted octanol–water partition coefficient (Wildman–Crippen LogP) is 2.46. The molecule has 1 saturated heterocycles. The SMILES string of the molecule is O=[N+]([O-])c1ccc(F)c(F)c1NC1CCOCC1.